The second kappa shape index (κ2) is 8.47. The van der Waals surface area contributed by atoms with E-state index in [4.69, 9.17) is 0 Å². The molecule has 1 aliphatic heterocycles. The molecular formula is C21H26BrN3O4S. The van der Waals surface area contributed by atoms with E-state index in [2.05, 4.69) is 15.9 Å². The maximum atomic E-state index is 13.4. The van der Waals surface area contributed by atoms with Gasteiger partial charge in [-0.2, -0.15) is 8.42 Å². The fraction of sp³-hybridized carbons (Fsp3) is 0.381. The van der Waals surface area contributed by atoms with Gasteiger partial charge in [-0.05, 0) is 42.2 Å². The lowest BCUT2D eigenvalue weighted by Crippen LogP contribution is -2.40. The zero-order chi connectivity index (χ0) is 22.1. The van der Waals surface area contributed by atoms with Crippen LogP contribution >= 0.6 is 15.9 Å². The third kappa shape index (κ3) is 4.73. The maximum absolute atomic E-state index is 13.4. The largest absolute Gasteiger partial charge is 0.465 e. The van der Waals surface area contributed by atoms with E-state index in [1.165, 1.54) is 13.5 Å². The van der Waals surface area contributed by atoms with Crippen molar-refractivity contribution >= 4 is 49.3 Å². The molecule has 1 aliphatic rings. The summed E-state index contributed by atoms with van der Waals surface area (Å²) in [6.07, 6.45) is -0.612. The predicted molar refractivity (Wildman–Crippen MR) is 123 cm³/mol. The number of halogens is 1. The highest BCUT2D eigenvalue weighted by Gasteiger charge is 2.41. The number of nitrogens with zero attached hydrogens (tertiary/aromatic N) is 3. The second-order valence-electron chi connectivity index (χ2n) is 8.43. The summed E-state index contributed by atoms with van der Waals surface area (Å²) in [6.45, 7) is 6.74. The Morgan fingerprint density at radius 2 is 1.77 bits per heavy atom. The highest BCUT2D eigenvalue weighted by Crippen LogP contribution is 2.46. The Kier molecular flexibility index (Phi) is 6.33. The van der Waals surface area contributed by atoms with E-state index >= 15 is 0 Å². The van der Waals surface area contributed by atoms with Crippen LogP contribution in [0.25, 0.3) is 0 Å². The van der Waals surface area contributed by atoms with Crippen LogP contribution in [0.2, 0.25) is 0 Å². The first-order valence-corrected chi connectivity index (χ1v) is 11.9. The lowest BCUT2D eigenvalue weighted by molar-refractivity contribution is 0.126. The lowest BCUT2D eigenvalue weighted by atomic mass is 9.96. The number of anilines is 3. The normalized spacial score (nSPS) is 15.2. The highest BCUT2D eigenvalue weighted by atomic mass is 79.9. The van der Waals surface area contributed by atoms with E-state index in [1.54, 1.807) is 36.4 Å². The van der Waals surface area contributed by atoms with Gasteiger partial charge in [-0.15, -0.1) is 0 Å². The van der Waals surface area contributed by atoms with E-state index in [0.717, 1.165) is 4.47 Å². The highest BCUT2D eigenvalue weighted by molar-refractivity contribution is 9.10. The summed E-state index contributed by atoms with van der Waals surface area (Å²) in [7, 11) is -3.83. The van der Waals surface area contributed by atoms with Gasteiger partial charge in [0.15, 0.2) is 0 Å². The molecule has 0 bridgehead atoms. The fourth-order valence-corrected chi connectivity index (χ4v) is 5.60. The van der Waals surface area contributed by atoms with Gasteiger partial charge in [-0.1, -0.05) is 54.9 Å². The minimum Gasteiger partial charge on any atom is -0.465 e. The third-order valence-corrected chi connectivity index (χ3v) is 6.95. The molecule has 3 rings (SSSR count). The van der Waals surface area contributed by atoms with Crippen molar-refractivity contribution < 1.29 is 18.3 Å². The van der Waals surface area contributed by atoms with Gasteiger partial charge in [0.25, 0.3) is 0 Å². The summed E-state index contributed by atoms with van der Waals surface area (Å²) >= 11 is 3.42. The monoisotopic (exact) mass is 495 g/mol. The van der Waals surface area contributed by atoms with Crippen LogP contribution < -0.4 is 8.61 Å². The van der Waals surface area contributed by atoms with Gasteiger partial charge in [0.1, 0.15) is 0 Å². The number of hydrogen-bond acceptors (Lipinski definition) is 3. The Morgan fingerprint density at radius 3 is 2.37 bits per heavy atom. The van der Waals surface area contributed by atoms with Crippen LogP contribution in [0.1, 0.15) is 27.2 Å². The van der Waals surface area contributed by atoms with Crippen LogP contribution in [0, 0.1) is 5.41 Å². The fourth-order valence-electron chi connectivity index (χ4n) is 3.51. The molecule has 1 amide bonds. The molecule has 0 aliphatic carbocycles. The minimum atomic E-state index is -3.83. The molecule has 0 saturated heterocycles. The molecule has 7 nitrogen and oxygen atoms in total. The Balaban J connectivity index is 1.86. The van der Waals surface area contributed by atoms with E-state index in [-0.39, 0.29) is 18.5 Å². The Labute approximate surface area is 186 Å². The Hall–Kier alpha value is -2.26. The molecule has 0 unspecified atom stereocenters. The van der Waals surface area contributed by atoms with Crippen LogP contribution in [-0.2, 0) is 10.2 Å². The topological polar surface area (TPSA) is 81.2 Å². The number of fused-ring (bicyclic) bond motifs is 1. The smallest absolute Gasteiger partial charge is 0.407 e. The SMILES string of the molecule is CC(C)(C)CN(CCCN1c2cc(Br)ccc2N(c2ccccc2)S1(=O)=O)C(=O)O. The number of rotatable bonds is 6. The molecule has 1 N–H and O–H groups in total. The zero-order valence-electron chi connectivity index (χ0n) is 17.2. The molecule has 30 heavy (non-hydrogen) atoms. The molecule has 9 heteroatoms. The maximum Gasteiger partial charge on any atom is 0.407 e. The van der Waals surface area contributed by atoms with E-state index in [9.17, 15) is 18.3 Å². The molecule has 1 heterocycles. The average molecular weight is 496 g/mol. The first-order valence-electron chi connectivity index (χ1n) is 9.66. The number of benzene rings is 2. The molecule has 0 saturated carbocycles. The van der Waals surface area contributed by atoms with Crippen molar-refractivity contribution in [2.24, 2.45) is 5.41 Å². The van der Waals surface area contributed by atoms with Gasteiger partial charge >= 0.3 is 16.3 Å². The van der Waals surface area contributed by atoms with Gasteiger partial charge in [-0.25, -0.2) is 9.10 Å². The lowest BCUT2D eigenvalue weighted by Gasteiger charge is -2.28. The van der Waals surface area contributed by atoms with Gasteiger partial charge in [-0.3, -0.25) is 4.31 Å². The van der Waals surface area contributed by atoms with E-state index in [1.807, 2.05) is 32.9 Å². The number of para-hydroxylation sites is 1. The molecule has 2 aromatic carbocycles. The number of carboxylic acid groups (broad SMARTS) is 1. The van der Waals surface area contributed by atoms with Crippen molar-refractivity contribution in [1.82, 2.24) is 4.90 Å². The number of hydrogen-bond donors (Lipinski definition) is 1. The summed E-state index contributed by atoms with van der Waals surface area (Å²) in [5.41, 5.74) is 1.53. The summed E-state index contributed by atoms with van der Waals surface area (Å²) in [4.78, 5) is 12.9. The predicted octanol–water partition coefficient (Wildman–Crippen LogP) is 5.07. The molecule has 0 aromatic heterocycles. The summed E-state index contributed by atoms with van der Waals surface area (Å²) < 4.78 is 30.3. The van der Waals surface area contributed by atoms with Crippen molar-refractivity contribution in [2.45, 2.75) is 27.2 Å². The molecule has 2 aromatic rings. The molecule has 0 atom stereocenters. The Morgan fingerprint density at radius 1 is 1.10 bits per heavy atom. The Bertz CT molecular complexity index is 1020. The first-order chi connectivity index (χ1) is 14.0. The number of carbonyl (C=O) groups is 1. The molecule has 0 fully saturated rings. The van der Waals surface area contributed by atoms with Crippen LogP contribution in [0.5, 0.6) is 0 Å². The van der Waals surface area contributed by atoms with Crippen molar-refractivity contribution in [1.29, 1.82) is 0 Å². The van der Waals surface area contributed by atoms with Crippen molar-refractivity contribution in [3.63, 3.8) is 0 Å². The van der Waals surface area contributed by atoms with Gasteiger partial charge in [0.05, 0.1) is 17.1 Å². The zero-order valence-corrected chi connectivity index (χ0v) is 19.6. The van der Waals surface area contributed by atoms with Crippen molar-refractivity contribution in [2.75, 3.05) is 28.2 Å². The molecular weight excluding hydrogens is 470 g/mol. The minimum absolute atomic E-state index is 0.181. The average Bonchev–Trinajstić information content (AvgIpc) is 2.86. The number of amides is 1. The summed E-state index contributed by atoms with van der Waals surface area (Å²) in [6, 6.07) is 14.3. The summed E-state index contributed by atoms with van der Waals surface area (Å²) in [5.74, 6) is 0. The first kappa shape index (κ1) is 22.4. The van der Waals surface area contributed by atoms with Crippen LogP contribution in [-0.4, -0.2) is 44.2 Å². The summed E-state index contributed by atoms with van der Waals surface area (Å²) in [5, 5.41) is 9.50. The second-order valence-corrected chi connectivity index (χ2v) is 11.0. The van der Waals surface area contributed by atoms with E-state index < -0.39 is 16.3 Å². The van der Waals surface area contributed by atoms with Crippen LogP contribution in [0.15, 0.2) is 53.0 Å². The molecule has 0 radical (unpaired) electrons. The molecule has 162 valence electrons. The van der Waals surface area contributed by atoms with Crippen LogP contribution in [0.3, 0.4) is 0 Å². The van der Waals surface area contributed by atoms with Gasteiger partial charge in [0.2, 0.25) is 0 Å². The van der Waals surface area contributed by atoms with Gasteiger partial charge in [0, 0.05) is 24.1 Å². The third-order valence-electron chi connectivity index (χ3n) is 4.65. The van der Waals surface area contributed by atoms with Crippen LogP contribution in [0.4, 0.5) is 21.9 Å². The quantitative estimate of drug-likeness (QED) is 0.606. The standard InChI is InChI=1S/C21H26BrN3O4S/c1-21(2,3)15-23(20(26)27)12-7-13-24-19-14-16(22)10-11-18(19)25(30(24,28)29)17-8-5-4-6-9-17/h4-6,8-11,14H,7,12-13,15H2,1-3H3,(H,26,27). The van der Waals surface area contributed by atoms with Crippen molar-refractivity contribution in [3.05, 3.63) is 53.0 Å². The van der Waals surface area contributed by atoms with Gasteiger partial charge < -0.3 is 10.0 Å². The van der Waals surface area contributed by atoms with E-state index in [0.29, 0.717) is 30.0 Å². The molecule has 0 spiro atoms. The van der Waals surface area contributed by atoms with Crippen molar-refractivity contribution in [3.8, 4) is 0 Å².